The van der Waals surface area contributed by atoms with E-state index in [-0.39, 0.29) is 42.7 Å². The summed E-state index contributed by atoms with van der Waals surface area (Å²) < 4.78 is 38.5. The number of nitrogens with two attached hydrogens (primary N) is 1. The zero-order valence-electron chi connectivity index (χ0n) is 24.7. The van der Waals surface area contributed by atoms with Gasteiger partial charge in [-0.2, -0.15) is 0 Å². The van der Waals surface area contributed by atoms with Gasteiger partial charge < -0.3 is 15.6 Å². The Morgan fingerprint density at radius 2 is 1.93 bits per heavy atom. The first kappa shape index (κ1) is 29.1. The summed E-state index contributed by atoms with van der Waals surface area (Å²) in [5, 5.41) is 14.5. The van der Waals surface area contributed by atoms with Crippen LogP contribution in [0.3, 0.4) is 0 Å². The number of nitrogens with zero attached hydrogens (tertiary/aromatic N) is 2. The molecular formula is C33H42F2N4O3. The number of nitrogens with one attached hydrogen (secondary N) is 1. The summed E-state index contributed by atoms with van der Waals surface area (Å²) in [4.78, 5) is 20.0. The molecule has 5 atom stereocenters. The summed E-state index contributed by atoms with van der Waals surface area (Å²) in [5.41, 5.74) is 7.89. The van der Waals surface area contributed by atoms with E-state index >= 15 is 8.78 Å². The fraction of sp³-hybridized carbons (Fsp3) is 0.576. The molecule has 7 rings (SSSR count). The second-order valence-electron chi connectivity index (χ2n) is 13.2. The molecule has 2 aromatic carbocycles. The molecule has 9 heteroatoms. The number of benzene rings is 2. The molecule has 4 aliphatic heterocycles. The number of aliphatic hydroxyl groups is 1. The first-order valence-corrected chi connectivity index (χ1v) is 15.3. The van der Waals surface area contributed by atoms with Crippen LogP contribution in [0.4, 0.5) is 8.78 Å². The molecule has 1 aliphatic carbocycles. The lowest BCUT2D eigenvalue weighted by atomic mass is 9.83. The number of rotatable bonds is 1. The van der Waals surface area contributed by atoms with Crippen molar-refractivity contribution in [3.8, 4) is 5.75 Å². The molecule has 4 bridgehead atoms. The quantitative estimate of drug-likeness (QED) is 0.392. The fourth-order valence-electron chi connectivity index (χ4n) is 7.63. The number of aliphatic hydroxyl groups excluding tert-OH is 1. The summed E-state index contributed by atoms with van der Waals surface area (Å²) in [6, 6.07) is 11.5. The lowest BCUT2D eigenvalue weighted by Crippen LogP contribution is -2.54. The number of aryl methyl sites for hydroxylation is 1. The topological polar surface area (TPSA) is 100 Å². The van der Waals surface area contributed by atoms with Gasteiger partial charge in [-0.25, -0.2) is 13.8 Å². The Morgan fingerprint density at radius 1 is 1.14 bits per heavy atom. The van der Waals surface area contributed by atoms with Crippen molar-refractivity contribution in [2.45, 2.75) is 114 Å². The van der Waals surface area contributed by atoms with Crippen LogP contribution in [0, 0.1) is 5.92 Å². The average Bonchev–Trinajstić information content (AvgIpc) is 3.15. The largest absolute Gasteiger partial charge is 0.487 e. The highest BCUT2D eigenvalue weighted by Crippen LogP contribution is 2.56. The molecule has 0 saturated heterocycles. The maximum absolute atomic E-state index is 16.1. The standard InChI is InChI=1S/C33H42F2N4O3/c1-4-32-16-8-7-9-20-12-14-26-22(17-20)25(18-31(2,3)42-26)37-27(40)15-13-24-29(39(28(41)19-32)30(36)38-32)21-10-5-6-11-23(21)33(24,34)35/h5-6,10-12,14,17,24-25,27,29,37,40H,4,7-9,13,15-16,18-19H2,1-3H3,(H2,36,38)/t24?,25-,27?,29?,32+/m0/s1. The maximum atomic E-state index is 16.1. The highest BCUT2D eigenvalue weighted by atomic mass is 19.3. The predicted octanol–water partition coefficient (Wildman–Crippen LogP) is 5.86. The van der Waals surface area contributed by atoms with Gasteiger partial charge in [0.1, 0.15) is 17.6 Å². The molecule has 5 aliphatic rings. The van der Waals surface area contributed by atoms with E-state index in [1.54, 1.807) is 18.2 Å². The van der Waals surface area contributed by atoms with Crippen LogP contribution >= 0.6 is 0 Å². The first-order valence-electron chi connectivity index (χ1n) is 15.3. The smallest absolute Gasteiger partial charge is 0.278 e. The maximum Gasteiger partial charge on any atom is 0.278 e. The third-order valence-electron chi connectivity index (χ3n) is 9.80. The van der Waals surface area contributed by atoms with Crippen LogP contribution in [-0.4, -0.2) is 39.2 Å². The minimum absolute atomic E-state index is 0.0139. The van der Waals surface area contributed by atoms with Gasteiger partial charge in [0.25, 0.3) is 5.92 Å². The summed E-state index contributed by atoms with van der Waals surface area (Å²) in [5.74, 6) is -3.94. The second-order valence-corrected chi connectivity index (χ2v) is 13.2. The van der Waals surface area contributed by atoms with Crippen LogP contribution in [-0.2, 0) is 17.1 Å². The SMILES string of the molecule is CC[C@@]12CCCCc3ccc4c(c3)[C@H](CC(C)(C)O4)NC(O)CCC3C(c4ccccc4C3(F)F)N(C(=O)C1)C(N)=N2. The van der Waals surface area contributed by atoms with Gasteiger partial charge in [0, 0.05) is 23.6 Å². The third-order valence-corrected chi connectivity index (χ3v) is 9.80. The van der Waals surface area contributed by atoms with Gasteiger partial charge in [-0.15, -0.1) is 0 Å². The number of alkyl halides is 2. The number of fused-ring (bicyclic) bond motifs is 8. The van der Waals surface area contributed by atoms with Crippen molar-refractivity contribution in [1.29, 1.82) is 0 Å². The number of halogens is 2. The summed E-state index contributed by atoms with van der Waals surface area (Å²) in [6.45, 7) is 6.04. The Hall–Kier alpha value is -3.04. The zero-order valence-corrected chi connectivity index (χ0v) is 24.7. The molecule has 226 valence electrons. The Balaban J connectivity index is 1.40. The van der Waals surface area contributed by atoms with Gasteiger partial charge in [-0.05, 0) is 69.6 Å². The predicted molar refractivity (Wildman–Crippen MR) is 157 cm³/mol. The minimum atomic E-state index is -3.20. The minimum Gasteiger partial charge on any atom is -0.487 e. The van der Waals surface area contributed by atoms with Gasteiger partial charge in [0.2, 0.25) is 5.91 Å². The highest BCUT2D eigenvalue weighted by Gasteiger charge is 2.58. The molecule has 0 radical (unpaired) electrons. The van der Waals surface area contributed by atoms with E-state index in [4.69, 9.17) is 15.5 Å². The van der Waals surface area contributed by atoms with Crippen molar-refractivity contribution in [2.75, 3.05) is 0 Å². The number of hydrogen-bond donors (Lipinski definition) is 3. The van der Waals surface area contributed by atoms with Crippen molar-refractivity contribution in [3.63, 3.8) is 0 Å². The van der Waals surface area contributed by atoms with Crippen LogP contribution in [0.15, 0.2) is 47.5 Å². The van der Waals surface area contributed by atoms with E-state index < -0.39 is 35.3 Å². The average molecular weight is 581 g/mol. The molecule has 7 nitrogen and oxygen atoms in total. The first-order chi connectivity index (χ1) is 19.9. The molecule has 1 amide bonds. The number of amides is 1. The van der Waals surface area contributed by atoms with Crippen molar-refractivity contribution in [3.05, 3.63) is 64.7 Å². The van der Waals surface area contributed by atoms with E-state index in [9.17, 15) is 9.90 Å². The summed E-state index contributed by atoms with van der Waals surface area (Å²) in [6.07, 6.45) is 3.75. The second kappa shape index (κ2) is 10.6. The normalized spacial score (nSPS) is 32.2. The van der Waals surface area contributed by atoms with Crippen molar-refractivity contribution in [2.24, 2.45) is 16.6 Å². The molecular weight excluding hydrogens is 538 g/mol. The van der Waals surface area contributed by atoms with Crippen molar-refractivity contribution >= 4 is 11.9 Å². The van der Waals surface area contributed by atoms with Gasteiger partial charge in [-0.1, -0.05) is 49.7 Å². The number of aliphatic imine (C=N–C) groups is 1. The lowest BCUT2D eigenvalue weighted by Gasteiger charge is -2.42. The lowest BCUT2D eigenvalue weighted by molar-refractivity contribution is -0.136. The monoisotopic (exact) mass is 580 g/mol. The van der Waals surface area contributed by atoms with E-state index in [1.165, 1.54) is 16.5 Å². The van der Waals surface area contributed by atoms with Crippen molar-refractivity contribution < 1.29 is 23.4 Å². The fourth-order valence-corrected chi connectivity index (χ4v) is 7.63. The molecule has 0 aromatic heterocycles. The van der Waals surface area contributed by atoms with Gasteiger partial charge >= 0.3 is 0 Å². The van der Waals surface area contributed by atoms with Gasteiger partial charge in [0.05, 0.1) is 23.9 Å². The zero-order chi connectivity index (χ0) is 29.9. The third kappa shape index (κ3) is 5.08. The molecule has 2 aromatic rings. The number of guanidine groups is 1. The van der Waals surface area contributed by atoms with Crippen molar-refractivity contribution in [1.82, 2.24) is 10.2 Å². The Labute approximate surface area is 246 Å². The van der Waals surface area contributed by atoms with Gasteiger partial charge in [0.15, 0.2) is 5.96 Å². The van der Waals surface area contributed by atoms with Crippen LogP contribution < -0.4 is 15.8 Å². The Kier molecular flexibility index (Phi) is 7.33. The van der Waals surface area contributed by atoms with Gasteiger partial charge in [-0.3, -0.25) is 15.0 Å². The van der Waals surface area contributed by atoms with E-state index in [1.807, 2.05) is 26.8 Å². The number of carbonyl (C=O) groups is 1. The van der Waals surface area contributed by atoms with E-state index in [0.29, 0.717) is 24.8 Å². The van der Waals surface area contributed by atoms with E-state index in [2.05, 4.69) is 17.4 Å². The number of carbonyl (C=O) groups excluding carboxylic acids is 1. The Morgan fingerprint density at radius 3 is 2.69 bits per heavy atom. The van der Waals surface area contributed by atoms with Crippen LogP contribution in [0.5, 0.6) is 5.75 Å². The summed E-state index contributed by atoms with van der Waals surface area (Å²) >= 11 is 0. The molecule has 3 unspecified atom stereocenters. The Bertz CT molecular complexity index is 1400. The molecule has 0 fully saturated rings. The van der Waals surface area contributed by atoms with Crippen LogP contribution in [0.1, 0.15) is 106 Å². The summed E-state index contributed by atoms with van der Waals surface area (Å²) in [7, 11) is 0. The molecule has 0 saturated carbocycles. The van der Waals surface area contributed by atoms with Crippen LogP contribution in [0.25, 0.3) is 0 Å². The number of hydrogen-bond acceptors (Lipinski definition) is 6. The molecule has 0 spiro atoms. The van der Waals surface area contributed by atoms with Crippen LogP contribution in [0.2, 0.25) is 0 Å². The highest BCUT2D eigenvalue weighted by molar-refractivity contribution is 5.99. The molecule has 42 heavy (non-hydrogen) atoms. The molecule has 4 N–H and O–H groups in total. The molecule has 4 heterocycles. The number of ether oxygens (including phenoxy) is 1. The van der Waals surface area contributed by atoms with E-state index in [0.717, 1.165) is 30.6 Å².